The Morgan fingerprint density at radius 3 is 2.66 bits per heavy atom. The molecule has 10 heteroatoms. The second-order valence-corrected chi connectivity index (χ2v) is 9.55. The van der Waals surface area contributed by atoms with Crippen molar-refractivity contribution in [3.05, 3.63) is 35.4 Å². The summed E-state index contributed by atoms with van der Waals surface area (Å²) in [6.45, 7) is 6.93. The van der Waals surface area contributed by atoms with Gasteiger partial charge in [0.25, 0.3) is 0 Å². The highest BCUT2D eigenvalue weighted by atomic mass is 32.2. The molecule has 1 aromatic carbocycles. The van der Waals surface area contributed by atoms with E-state index in [1.165, 1.54) is 7.11 Å². The molecule has 29 heavy (non-hydrogen) atoms. The second-order valence-electron chi connectivity index (χ2n) is 7.77. The maximum absolute atomic E-state index is 11.8. The van der Waals surface area contributed by atoms with Crippen LogP contribution in [0.15, 0.2) is 18.2 Å². The van der Waals surface area contributed by atoms with Gasteiger partial charge in [0, 0.05) is 32.6 Å². The smallest absolute Gasteiger partial charge is 0.209 e. The molecule has 160 valence electrons. The molecule has 2 aromatic rings. The van der Waals surface area contributed by atoms with Crippen molar-refractivity contribution in [2.24, 2.45) is 5.92 Å². The summed E-state index contributed by atoms with van der Waals surface area (Å²) in [6.07, 6.45) is 1.89. The number of benzene rings is 1. The monoisotopic (exact) mass is 423 g/mol. The van der Waals surface area contributed by atoms with Crippen LogP contribution < -0.4 is 9.46 Å². The molecule has 2 N–H and O–H groups in total. The van der Waals surface area contributed by atoms with Crippen molar-refractivity contribution in [3.63, 3.8) is 0 Å². The van der Waals surface area contributed by atoms with Crippen molar-refractivity contribution in [2.75, 3.05) is 26.5 Å². The standard InChI is InChI=1S/C19H29N5O4S/c1-13(2)18(22-29(4,26)27)19-21-20-17-7-8-23(9-10-24(17)19)12-14-5-6-15(25)16(11-14)28-3/h5-6,11,13,18,22,25H,7-10,12H2,1-4H3. The first-order chi connectivity index (χ1) is 13.7. The fraction of sp³-hybridized carbons (Fsp3) is 0.579. The lowest BCUT2D eigenvalue weighted by atomic mass is 10.1. The van der Waals surface area contributed by atoms with Crippen molar-refractivity contribution >= 4 is 10.0 Å². The Bertz CT molecular complexity index is 958. The zero-order chi connectivity index (χ0) is 21.2. The van der Waals surface area contributed by atoms with Gasteiger partial charge in [0.15, 0.2) is 17.3 Å². The zero-order valence-electron chi connectivity index (χ0n) is 17.3. The van der Waals surface area contributed by atoms with E-state index < -0.39 is 16.1 Å². The van der Waals surface area contributed by atoms with Crippen LogP contribution in [0.25, 0.3) is 0 Å². The highest BCUT2D eigenvalue weighted by Gasteiger charge is 2.28. The third kappa shape index (κ3) is 5.26. The van der Waals surface area contributed by atoms with Crippen LogP contribution in [0, 0.1) is 5.92 Å². The van der Waals surface area contributed by atoms with Crippen LogP contribution in [0.1, 0.15) is 37.1 Å². The van der Waals surface area contributed by atoms with Crippen LogP contribution in [0.4, 0.5) is 0 Å². The van der Waals surface area contributed by atoms with Gasteiger partial charge in [0.1, 0.15) is 5.82 Å². The van der Waals surface area contributed by atoms with Gasteiger partial charge in [-0.25, -0.2) is 13.1 Å². The Morgan fingerprint density at radius 2 is 2.00 bits per heavy atom. The molecule has 0 fully saturated rings. The van der Waals surface area contributed by atoms with Crippen LogP contribution in [0.5, 0.6) is 11.5 Å². The van der Waals surface area contributed by atoms with Gasteiger partial charge >= 0.3 is 0 Å². The molecule has 0 amide bonds. The number of phenolic OH excluding ortho intramolecular Hbond substituents is 1. The van der Waals surface area contributed by atoms with Gasteiger partial charge in [0.05, 0.1) is 19.4 Å². The third-order valence-electron chi connectivity index (χ3n) is 5.08. The molecule has 0 radical (unpaired) electrons. The first-order valence-corrected chi connectivity index (χ1v) is 11.5. The van der Waals surface area contributed by atoms with Gasteiger partial charge in [-0.05, 0) is 23.6 Å². The minimum absolute atomic E-state index is 0.0434. The predicted molar refractivity (Wildman–Crippen MR) is 109 cm³/mol. The lowest BCUT2D eigenvalue weighted by Gasteiger charge is -2.22. The van der Waals surface area contributed by atoms with E-state index in [2.05, 4.69) is 19.8 Å². The molecule has 1 aliphatic rings. The van der Waals surface area contributed by atoms with Crippen molar-refractivity contribution in [3.8, 4) is 11.5 Å². The first kappa shape index (κ1) is 21.5. The Labute approximate surface area is 171 Å². The van der Waals surface area contributed by atoms with Crippen LogP contribution in [-0.2, 0) is 29.5 Å². The minimum atomic E-state index is -3.37. The number of hydrogen-bond acceptors (Lipinski definition) is 7. The van der Waals surface area contributed by atoms with Crippen LogP contribution in [0.3, 0.4) is 0 Å². The quantitative estimate of drug-likeness (QED) is 0.691. The summed E-state index contributed by atoms with van der Waals surface area (Å²) >= 11 is 0. The largest absolute Gasteiger partial charge is 0.504 e. The average molecular weight is 424 g/mol. The molecule has 3 rings (SSSR count). The van der Waals surface area contributed by atoms with E-state index in [0.717, 1.165) is 43.7 Å². The van der Waals surface area contributed by atoms with Crippen molar-refractivity contribution in [1.82, 2.24) is 24.4 Å². The highest BCUT2D eigenvalue weighted by molar-refractivity contribution is 7.88. The van der Waals surface area contributed by atoms with Crippen LogP contribution in [0.2, 0.25) is 0 Å². The Balaban J connectivity index is 1.75. The van der Waals surface area contributed by atoms with Crippen LogP contribution in [-0.4, -0.2) is 59.6 Å². The molecule has 2 heterocycles. The van der Waals surface area contributed by atoms with Crippen molar-refractivity contribution in [2.45, 2.75) is 39.4 Å². The minimum Gasteiger partial charge on any atom is -0.504 e. The summed E-state index contributed by atoms with van der Waals surface area (Å²) in [5, 5.41) is 18.4. The number of aromatic hydroxyl groups is 1. The van der Waals surface area contributed by atoms with Crippen LogP contribution >= 0.6 is 0 Å². The topological polar surface area (TPSA) is 110 Å². The number of aromatic nitrogens is 3. The van der Waals surface area contributed by atoms with Gasteiger partial charge in [-0.3, -0.25) is 4.90 Å². The Hall–Kier alpha value is -2.17. The summed E-state index contributed by atoms with van der Waals surface area (Å²) in [7, 11) is -1.83. The molecule has 0 spiro atoms. The van der Waals surface area contributed by atoms with E-state index >= 15 is 0 Å². The average Bonchev–Trinajstić information content (AvgIpc) is 2.94. The van der Waals surface area contributed by atoms with Crippen molar-refractivity contribution in [1.29, 1.82) is 0 Å². The maximum Gasteiger partial charge on any atom is 0.209 e. The zero-order valence-corrected chi connectivity index (χ0v) is 18.1. The molecular weight excluding hydrogens is 394 g/mol. The predicted octanol–water partition coefficient (Wildman–Crippen LogP) is 1.30. The number of nitrogens with zero attached hydrogens (tertiary/aromatic N) is 4. The number of rotatable bonds is 7. The fourth-order valence-electron chi connectivity index (χ4n) is 3.57. The molecular formula is C19H29N5O4S. The van der Waals surface area contributed by atoms with E-state index in [1.807, 2.05) is 30.5 Å². The summed E-state index contributed by atoms with van der Waals surface area (Å²) in [6, 6.07) is 4.96. The molecule has 1 atom stereocenters. The maximum atomic E-state index is 11.8. The third-order valence-corrected chi connectivity index (χ3v) is 5.77. The summed E-state index contributed by atoms with van der Waals surface area (Å²) in [5.41, 5.74) is 1.05. The van der Waals surface area contributed by atoms with Gasteiger partial charge in [-0.1, -0.05) is 19.9 Å². The summed E-state index contributed by atoms with van der Waals surface area (Å²) in [4.78, 5) is 2.30. The van der Waals surface area contributed by atoms with E-state index in [-0.39, 0.29) is 11.7 Å². The molecule has 1 aliphatic heterocycles. The van der Waals surface area contributed by atoms with E-state index in [0.29, 0.717) is 18.1 Å². The molecule has 0 saturated heterocycles. The Kier molecular flexibility index (Phi) is 6.45. The van der Waals surface area contributed by atoms with E-state index in [9.17, 15) is 13.5 Å². The molecule has 1 unspecified atom stereocenters. The first-order valence-electron chi connectivity index (χ1n) is 9.65. The lowest BCUT2D eigenvalue weighted by molar-refractivity contribution is 0.268. The number of fused-ring (bicyclic) bond motifs is 1. The fourth-order valence-corrected chi connectivity index (χ4v) is 4.41. The molecule has 1 aromatic heterocycles. The number of hydrogen-bond donors (Lipinski definition) is 2. The molecule has 9 nitrogen and oxygen atoms in total. The Morgan fingerprint density at radius 1 is 1.24 bits per heavy atom. The van der Waals surface area contributed by atoms with Gasteiger partial charge in [-0.2, -0.15) is 0 Å². The molecule has 0 saturated carbocycles. The number of ether oxygens (including phenoxy) is 1. The number of nitrogens with one attached hydrogen (secondary N) is 1. The van der Waals surface area contributed by atoms with Crippen molar-refractivity contribution < 1.29 is 18.3 Å². The summed E-state index contributed by atoms with van der Waals surface area (Å²) < 4.78 is 33.5. The SMILES string of the molecule is COc1cc(CN2CCc3nnc(C(NS(C)(=O)=O)C(C)C)n3CC2)ccc1O. The summed E-state index contributed by atoms with van der Waals surface area (Å²) in [5.74, 6) is 2.16. The number of methoxy groups -OCH3 is 1. The van der Waals surface area contributed by atoms with Gasteiger partial charge < -0.3 is 14.4 Å². The van der Waals surface area contributed by atoms with E-state index in [4.69, 9.17) is 4.74 Å². The number of phenols is 1. The molecule has 0 aliphatic carbocycles. The van der Waals surface area contributed by atoms with E-state index in [1.54, 1.807) is 6.07 Å². The highest BCUT2D eigenvalue weighted by Crippen LogP contribution is 2.27. The lowest BCUT2D eigenvalue weighted by Crippen LogP contribution is -2.33. The molecule has 0 bridgehead atoms. The van der Waals surface area contributed by atoms with Gasteiger partial charge in [0.2, 0.25) is 10.0 Å². The normalized spacial score (nSPS) is 16.4. The van der Waals surface area contributed by atoms with Gasteiger partial charge in [-0.15, -0.1) is 10.2 Å². The number of sulfonamides is 1. The second kappa shape index (κ2) is 8.68.